The van der Waals surface area contributed by atoms with Gasteiger partial charge < -0.3 is 5.32 Å². The highest BCUT2D eigenvalue weighted by Crippen LogP contribution is 2.02. The van der Waals surface area contributed by atoms with Gasteiger partial charge in [-0.2, -0.15) is 0 Å². The molecule has 1 atom stereocenters. The van der Waals surface area contributed by atoms with E-state index in [4.69, 9.17) is 0 Å². The van der Waals surface area contributed by atoms with Crippen molar-refractivity contribution >= 4 is 9.84 Å². The Morgan fingerprint density at radius 2 is 1.83 bits per heavy atom. The molecule has 0 saturated heterocycles. The molecular weight excluding hydrogens is 246 g/mol. The van der Waals surface area contributed by atoms with Gasteiger partial charge in [0.2, 0.25) is 0 Å². The molecule has 0 aliphatic heterocycles. The number of benzene rings is 1. The zero-order valence-electron chi connectivity index (χ0n) is 11.2. The summed E-state index contributed by atoms with van der Waals surface area (Å²) in [6.07, 6.45) is 1.62. The first-order valence-corrected chi connectivity index (χ1v) is 8.33. The maximum Gasteiger partial charge on any atom is 0.151 e. The molecule has 0 bridgehead atoms. The summed E-state index contributed by atoms with van der Waals surface area (Å²) in [5.74, 6) is 0.529. The third kappa shape index (κ3) is 6.17. The number of hydrogen-bond donors (Lipinski definition) is 1. The summed E-state index contributed by atoms with van der Waals surface area (Å²) >= 11 is 0. The van der Waals surface area contributed by atoms with E-state index in [1.54, 1.807) is 0 Å². The largest absolute Gasteiger partial charge is 0.313 e. The molecule has 18 heavy (non-hydrogen) atoms. The van der Waals surface area contributed by atoms with Crippen LogP contribution in [0.5, 0.6) is 0 Å². The van der Waals surface area contributed by atoms with Crippen molar-refractivity contribution < 1.29 is 8.42 Å². The van der Waals surface area contributed by atoms with Crippen molar-refractivity contribution in [1.29, 1.82) is 0 Å². The number of rotatable bonds is 8. The van der Waals surface area contributed by atoms with E-state index in [2.05, 4.69) is 24.4 Å². The minimum absolute atomic E-state index is 0.236. The van der Waals surface area contributed by atoms with Crippen LogP contribution in [0.25, 0.3) is 0 Å². The van der Waals surface area contributed by atoms with Gasteiger partial charge in [-0.25, -0.2) is 8.42 Å². The predicted molar refractivity (Wildman–Crippen MR) is 76.6 cm³/mol. The fourth-order valence-electron chi connectivity index (χ4n) is 1.91. The summed E-state index contributed by atoms with van der Waals surface area (Å²) in [5, 5.41) is 3.27. The fourth-order valence-corrected chi connectivity index (χ4v) is 3.17. The molecule has 0 aliphatic carbocycles. The molecule has 102 valence electrons. The summed E-state index contributed by atoms with van der Waals surface area (Å²) < 4.78 is 23.1. The van der Waals surface area contributed by atoms with Crippen LogP contribution in [0.1, 0.15) is 25.8 Å². The molecule has 1 N–H and O–H groups in total. The van der Waals surface area contributed by atoms with Crippen LogP contribution in [-0.2, 0) is 16.3 Å². The summed E-state index contributed by atoms with van der Waals surface area (Å²) in [5.41, 5.74) is 1.27. The molecule has 4 heteroatoms. The maximum atomic E-state index is 11.5. The van der Waals surface area contributed by atoms with Crippen molar-refractivity contribution in [2.45, 2.75) is 32.7 Å². The van der Waals surface area contributed by atoms with Crippen LogP contribution in [0.3, 0.4) is 0 Å². The quantitative estimate of drug-likeness (QED) is 0.785. The first kappa shape index (κ1) is 15.2. The monoisotopic (exact) mass is 269 g/mol. The zero-order valence-corrected chi connectivity index (χ0v) is 12.0. The van der Waals surface area contributed by atoms with E-state index in [-0.39, 0.29) is 5.75 Å². The summed E-state index contributed by atoms with van der Waals surface area (Å²) in [6.45, 7) is 4.51. The lowest BCUT2D eigenvalue weighted by Gasteiger charge is -2.13. The van der Waals surface area contributed by atoms with Gasteiger partial charge in [-0.05, 0) is 25.3 Å². The molecule has 0 heterocycles. The van der Waals surface area contributed by atoms with Crippen molar-refractivity contribution in [3.8, 4) is 0 Å². The Morgan fingerprint density at radius 3 is 2.44 bits per heavy atom. The fraction of sp³-hybridized carbons (Fsp3) is 0.571. The highest BCUT2D eigenvalue weighted by Gasteiger charge is 2.10. The molecule has 1 rings (SSSR count). The second-order valence-corrected chi connectivity index (χ2v) is 7.00. The summed E-state index contributed by atoms with van der Waals surface area (Å²) in [7, 11) is -2.86. The van der Waals surface area contributed by atoms with E-state index in [1.165, 1.54) is 5.56 Å². The minimum Gasteiger partial charge on any atom is -0.313 e. The van der Waals surface area contributed by atoms with Crippen LogP contribution >= 0.6 is 0 Å². The van der Waals surface area contributed by atoms with E-state index in [9.17, 15) is 8.42 Å². The van der Waals surface area contributed by atoms with Crippen molar-refractivity contribution in [2.24, 2.45) is 0 Å². The Bertz CT molecular complexity index is 428. The Labute approximate surface area is 111 Å². The molecule has 0 radical (unpaired) electrons. The van der Waals surface area contributed by atoms with Gasteiger partial charge in [0.25, 0.3) is 0 Å². The second-order valence-electron chi connectivity index (χ2n) is 4.70. The number of hydrogen-bond acceptors (Lipinski definition) is 3. The Kier molecular flexibility index (Phi) is 6.36. The molecule has 0 aromatic heterocycles. The molecule has 0 fully saturated rings. The normalized spacial score (nSPS) is 13.4. The van der Waals surface area contributed by atoms with E-state index < -0.39 is 9.84 Å². The first-order chi connectivity index (χ1) is 8.53. The lowest BCUT2D eigenvalue weighted by molar-refractivity contribution is 0.553. The van der Waals surface area contributed by atoms with Crippen molar-refractivity contribution in [3.63, 3.8) is 0 Å². The molecule has 1 unspecified atom stereocenters. The Hall–Kier alpha value is -0.870. The molecule has 0 aliphatic rings. The molecule has 3 nitrogen and oxygen atoms in total. The second kappa shape index (κ2) is 7.54. The van der Waals surface area contributed by atoms with E-state index in [0.29, 0.717) is 24.8 Å². The van der Waals surface area contributed by atoms with Gasteiger partial charge in [0.1, 0.15) is 0 Å². The van der Waals surface area contributed by atoms with E-state index >= 15 is 0 Å². The first-order valence-electron chi connectivity index (χ1n) is 6.51. The number of nitrogens with one attached hydrogen (secondary N) is 1. The maximum absolute atomic E-state index is 11.5. The molecule has 1 aromatic rings. The smallest absolute Gasteiger partial charge is 0.151 e. The number of sulfone groups is 1. The molecule has 0 amide bonds. The van der Waals surface area contributed by atoms with E-state index in [1.807, 2.05) is 25.1 Å². The average molecular weight is 269 g/mol. The van der Waals surface area contributed by atoms with Crippen LogP contribution in [-0.4, -0.2) is 32.5 Å². The van der Waals surface area contributed by atoms with Gasteiger partial charge in [0, 0.05) is 18.3 Å². The zero-order chi connectivity index (χ0) is 13.4. The van der Waals surface area contributed by atoms with Crippen LogP contribution < -0.4 is 5.32 Å². The molecule has 0 spiro atoms. The predicted octanol–water partition coefficient (Wildman–Crippen LogP) is 2.03. The van der Waals surface area contributed by atoms with Crippen molar-refractivity contribution in [3.05, 3.63) is 35.9 Å². The SMILES string of the molecule is CCCS(=O)(=O)CCNC(C)Cc1ccccc1. The molecular formula is C14H23NO2S. The Morgan fingerprint density at radius 1 is 1.17 bits per heavy atom. The van der Waals surface area contributed by atoms with Gasteiger partial charge in [-0.3, -0.25) is 0 Å². The van der Waals surface area contributed by atoms with Crippen LogP contribution in [0, 0.1) is 0 Å². The van der Waals surface area contributed by atoms with Gasteiger partial charge >= 0.3 is 0 Å². The lowest BCUT2D eigenvalue weighted by Crippen LogP contribution is -2.33. The molecule has 0 saturated carbocycles. The molecule has 1 aromatic carbocycles. The van der Waals surface area contributed by atoms with Crippen molar-refractivity contribution in [2.75, 3.05) is 18.1 Å². The highest BCUT2D eigenvalue weighted by atomic mass is 32.2. The summed E-state index contributed by atoms with van der Waals surface area (Å²) in [4.78, 5) is 0. The van der Waals surface area contributed by atoms with Gasteiger partial charge in [-0.1, -0.05) is 37.3 Å². The van der Waals surface area contributed by atoms with Gasteiger partial charge in [0.05, 0.1) is 5.75 Å². The third-order valence-electron chi connectivity index (χ3n) is 2.81. The van der Waals surface area contributed by atoms with Gasteiger partial charge in [-0.15, -0.1) is 0 Å². The topological polar surface area (TPSA) is 46.2 Å². The van der Waals surface area contributed by atoms with Crippen LogP contribution in [0.2, 0.25) is 0 Å². The van der Waals surface area contributed by atoms with Crippen LogP contribution in [0.15, 0.2) is 30.3 Å². The van der Waals surface area contributed by atoms with Gasteiger partial charge in [0.15, 0.2) is 9.84 Å². The average Bonchev–Trinajstić information content (AvgIpc) is 2.29. The minimum atomic E-state index is -2.86. The van der Waals surface area contributed by atoms with Crippen molar-refractivity contribution in [1.82, 2.24) is 5.32 Å². The highest BCUT2D eigenvalue weighted by molar-refractivity contribution is 7.91. The standard InChI is InChI=1S/C14H23NO2S/c1-3-10-18(16,17)11-9-15-13(2)12-14-7-5-4-6-8-14/h4-8,13,15H,3,9-12H2,1-2H3. The Balaban J connectivity index is 2.28. The van der Waals surface area contributed by atoms with E-state index in [0.717, 1.165) is 6.42 Å². The lowest BCUT2D eigenvalue weighted by atomic mass is 10.1. The van der Waals surface area contributed by atoms with Crippen LogP contribution in [0.4, 0.5) is 0 Å². The third-order valence-corrected chi connectivity index (χ3v) is 4.66. The summed E-state index contributed by atoms with van der Waals surface area (Å²) in [6, 6.07) is 10.5.